The van der Waals surface area contributed by atoms with E-state index in [0.717, 1.165) is 19.3 Å². The predicted molar refractivity (Wildman–Crippen MR) is 73.4 cm³/mol. The van der Waals surface area contributed by atoms with Crippen molar-refractivity contribution in [3.05, 3.63) is 0 Å². The number of carboxylic acids is 1. The highest BCUT2D eigenvalue weighted by molar-refractivity contribution is 5.77. The van der Waals surface area contributed by atoms with Gasteiger partial charge in [-0.1, -0.05) is 0 Å². The SMILES string of the molecule is CC(C)OCCNC(=O)NC1C2CCC(C2)C1C(=O)O. The van der Waals surface area contributed by atoms with Gasteiger partial charge in [-0.15, -0.1) is 0 Å². The zero-order valence-electron chi connectivity index (χ0n) is 12.1. The quantitative estimate of drug-likeness (QED) is 0.640. The summed E-state index contributed by atoms with van der Waals surface area (Å²) in [5.41, 5.74) is 0. The van der Waals surface area contributed by atoms with Crippen LogP contribution in [-0.2, 0) is 9.53 Å². The Kier molecular flexibility index (Phi) is 4.86. The average Bonchev–Trinajstić information content (AvgIpc) is 2.94. The van der Waals surface area contributed by atoms with Gasteiger partial charge >= 0.3 is 12.0 Å². The van der Waals surface area contributed by atoms with Gasteiger partial charge in [0.1, 0.15) is 0 Å². The van der Waals surface area contributed by atoms with E-state index < -0.39 is 11.9 Å². The molecule has 0 aliphatic heterocycles. The summed E-state index contributed by atoms with van der Waals surface area (Å²) >= 11 is 0. The predicted octanol–water partition coefficient (Wildman–Crippen LogP) is 1.21. The number of hydrogen-bond acceptors (Lipinski definition) is 3. The molecule has 0 spiro atoms. The molecule has 114 valence electrons. The molecule has 0 heterocycles. The lowest BCUT2D eigenvalue weighted by Crippen LogP contribution is -2.50. The molecule has 0 saturated heterocycles. The van der Waals surface area contributed by atoms with Crippen LogP contribution in [0.25, 0.3) is 0 Å². The van der Waals surface area contributed by atoms with Crippen LogP contribution >= 0.6 is 0 Å². The lowest BCUT2D eigenvalue weighted by Gasteiger charge is -2.28. The molecule has 0 aromatic rings. The highest BCUT2D eigenvalue weighted by Crippen LogP contribution is 2.48. The fraction of sp³-hybridized carbons (Fsp3) is 0.857. The molecule has 2 aliphatic carbocycles. The second kappa shape index (κ2) is 6.43. The monoisotopic (exact) mass is 284 g/mol. The van der Waals surface area contributed by atoms with Crippen molar-refractivity contribution in [1.29, 1.82) is 0 Å². The number of carboxylic acid groups (broad SMARTS) is 1. The number of hydrogen-bond donors (Lipinski definition) is 3. The van der Waals surface area contributed by atoms with Gasteiger partial charge in [0.05, 0.1) is 18.6 Å². The molecular weight excluding hydrogens is 260 g/mol. The molecule has 2 rings (SSSR count). The van der Waals surface area contributed by atoms with Crippen molar-refractivity contribution in [3.8, 4) is 0 Å². The summed E-state index contributed by atoms with van der Waals surface area (Å²) in [6.45, 7) is 4.77. The molecule has 2 saturated carbocycles. The van der Waals surface area contributed by atoms with Gasteiger partial charge < -0.3 is 20.5 Å². The van der Waals surface area contributed by atoms with Crippen molar-refractivity contribution < 1.29 is 19.4 Å². The fourth-order valence-electron chi connectivity index (χ4n) is 3.52. The van der Waals surface area contributed by atoms with E-state index >= 15 is 0 Å². The second-order valence-corrected chi connectivity index (χ2v) is 6.04. The third kappa shape index (κ3) is 3.42. The molecule has 6 nitrogen and oxygen atoms in total. The first-order valence-electron chi connectivity index (χ1n) is 7.37. The first kappa shape index (κ1) is 15.1. The Hall–Kier alpha value is -1.30. The standard InChI is InChI=1S/C14H24N2O4/c1-8(2)20-6-5-15-14(19)16-12-10-4-3-9(7-10)11(12)13(17)18/h8-12H,3-7H2,1-2H3,(H,17,18)(H2,15,16,19). The molecule has 3 N–H and O–H groups in total. The third-order valence-corrected chi connectivity index (χ3v) is 4.34. The van der Waals surface area contributed by atoms with Crippen LogP contribution in [-0.4, -0.2) is 42.4 Å². The Morgan fingerprint density at radius 3 is 2.65 bits per heavy atom. The number of amides is 2. The number of carbonyl (C=O) groups excluding carboxylic acids is 1. The minimum Gasteiger partial charge on any atom is -0.481 e. The molecule has 2 amide bonds. The van der Waals surface area contributed by atoms with Crippen LogP contribution in [0.15, 0.2) is 0 Å². The molecule has 0 aromatic heterocycles. The zero-order valence-corrected chi connectivity index (χ0v) is 12.1. The highest BCUT2D eigenvalue weighted by atomic mass is 16.5. The van der Waals surface area contributed by atoms with Crippen LogP contribution in [0.5, 0.6) is 0 Å². The molecule has 2 aliphatic rings. The zero-order chi connectivity index (χ0) is 14.7. The average molecular weight is 284 g/mol. The van der Waals surface area contributed by atoms with Crippen molar-refractivity contribution in [3.63, 3.8) is 0 Å². The Morgan fingerprint density at radius 2 is 2.00 bits per heavy atom. The number of rotatable bonds is 6. The van der Waals surface area contributed by atoms with Crippen LogP contribution < -0.4 is 10.6 Å². The Labute approximate surface area is 119 Å². The van der Waals surface area contributed by atoms with E-state index in [0.29, 0.717) is 19.1 Å². The second-order valence-electron chi connectivity index (χ2n) is 6.04. The van der Waals surface area contributed by atoms with Gasteiger partial charge in [-0.2, -0.15) is 0 Å². The number of aliphatic carboxylic acids is 1. The Bertz CT molecular complexity index is 372. The van der Waals surface area contributed by atoms with Crippen molar-refractivity contribution in [2.45, 2.75) is 45.3 Å². The first-order chi connectivity index (χ1) is 9.49. The van der Waals surface area contributed by atoms with E-state index in [1.165, 1.54) is 0 Å². The smallest absolute Gasteiger partial charge is 0.315 e. The van der Waals surface area contributed by atoms with Gasteiger partial charge in [0.25, 0.3) is 0 Å². The topological polar surface area (TPSA) is 87.7 Å². The Morgan fingerprint density at radius 1 is 1.30 bits per heavy atom. The largest absolute Gasteiger partial charge is 0.481 e. The maximum Gasteiger partial charge on any atom is 0.315 e. The number of urea groups is 1. The van der Waals surface area contributed by atoms with E-state index in [1.807, 2.05) is 13.8 Å². The number of carbonyl (C=O) groups is 2. The highest BCUT2D eigenvalue weighted by Gasteiger charge is 2.51. The van der Waals surface area contributed by atoms with Crippen LogP contribution in [0.2, 0.25) is 0 Å². The maximum atomic E-state index is 11.8. The third-order valence-electron chi connectivity index (χ3n) is 4.34. The normalized spacial score (nSPS) is 31.6. The minimum absolute atomic E-state index is 0.141. The van der Waals surface area contributed by atoms with Crippen LogP contribution in [0.1, 0.15) is 33.1 Å². The molecule has 2 fully saturated rings. The number of ether oxygens (including phenoxy) is 1. The van der Waals surface area contributed by atoms with E-state index in [9.17, 15) is 14.7 Å². The molecular formula is C14H24N2O4. The van der Waals surface area contributed by atoms with Crippen molar-refractivity contribution in [2.75, 3.05) is 13.2 Å². The van der Waals surface area contributed by atoms with Crippen LogP contribution in [0, 0.1) is 17.8 Å². The van der Waals surface area contributed by atoms with E-state index in [1.54, 1.807) is 0 Å². The molecule has 4 atom stereocenters. The molecule has 20 heavy (non-hydrogen) atoms. The van der Waals surface area contributed by atoms with E-state index in [2.05, 4.69) is 10.6 Å². The first-order valence-corrected chi connectivity index (χ1v) is 7.37. The number of fused-ring (bicyclic) bond motifs is 2. The van der Waals surface area contributed by atoms with Crippen LogP contribution in [0.4, 0.5) is 4.79 Å². The summed E-state index contributed by atoms with van der Waals surface area (Å²) in [5.74, 6) is -0.664. The van der Waals surface area contributed by atoms with Crippen LogP contribution in [0.3, 0.4) is 0 Å². The molecule has 0 radical (unpaired) electrons. The van der Waals surface area contributed by atoms with Gasteiger partial charge in [0, 0.05) is 12.6 Å². The molecule has 2 bridgehead atoms. The van der Waals surface area contributed by atoms with Crippen molar-refractivity contribution >= 4 is 12.0 Å². The summed E-state index contributed by atoms with van der Waals surface area (Å²) in [5, 5.41) is 14.9. The summed E-state index contributed by atoms with van der Waals surface area (Å²) in [7, 11) is 0. The van der Waals surface area contributed by atoms with Gasteiger partial charge in [-0.3, -0.25) is 4.79 Å². The molecule has 0 aromatic carbocycles. The fourth-order valence-corrected chi connectivity index (χ4v) is 3.52. The minimum atomic E-state index is -0.786. The van der Waals surface area contributed by atoms with Gasteiger partial charge in [-0.05, 0) is 44.9 Å². The summed E-state index contributed by atoms with van der Waals surface area (Å²) in [6, 6.07) is -0.515. The summed E-state index contributed by atoms with van der Waals surface area (Å²) in [6.07, 6.45) is 3.07. The molecule has 6 heteroatoms. The summed E-state index contributed by atoms with van der Waals surface area (Å²) in [4.78, 5) is 23.1. The summed E-state index contributed by atoms with van der Waals surface area (Å²) < 4.78 is 5.33. The maximum absolute atomic E-state index is 11.8. The van der Waals surface area contributed by atoms with E-state index in [4.69, 9.17) is 4.74 Å². The lowest BCUT2D eigenvalue weighted by molar-refractivity contribution is -0.144. The number of nitrogens with one attached hydrogen (secondary N) is 2. The Balaban J connectivity index is 1.77. The van der Waals surface area contributed by atoms with Gasteiger partial charge in [0.2, 0.25) is 0 Å². The van der Waals surface area contributed by atoms with Crippen molar-refractivity contribution in [1.82, 2.24) is 10.6 Å². The van der Waals surface area contributed by atoms with Gasteiger partial charge in [-0.25, -0.2) is 4.79 Å². The lowest BCUT2D eigenvalue weighted by atomic mass is 9.84. The molecule has 4 unspecified atom stereocenters. The van der Waals surface area contributed by atoms with Gasteiger partial charge in [0.15, 0.2) is 0 Å². The van der Waals surface area contributed by atoms with Crippen molar-refractivity contribution in [2.24, 2.45) is 17.8 Å². The van der Waals surface area contributed by atoms with E-state index in [-0.39, 0.29) is 24.1 Å².